The zero-order valence-electron chi connectivity index (χ0n) is 13.3. The van der Waals surface area contributed by atoms with E-state index in [2.05, 4.69) is 20.7 Å². The lowest BCUT2D eigenvalue weighted by molar-refractivity contribution is 0.0987. The molecule has 1 aliphatic carbocycles. The number of halogens is 2. The number of benzene rings is 1. The van der Waals surface area contributed by atoms with Crippen LogP contribution in [0.15, 0.2) is 28.8 Å². The summed E-state index contributed by atoms with van der Waals surface area (Å²) in [5.41, 5.74) is 1.87. The lowest BCUT2D eigenvalue weighted by Crippen LogP contribution is -2.12. The van der Waals surface area contributed by atoms with Gasteiger partial charge in [-0.2, -0.15) is 5.10 Å². The molecule has 0 saturated heterocycles. The Hall–Kier alpha value is -3.03. The van der Waals surface area contributed by atoms with E-state index in [0.29, 0.717) is 11.7 Å². The number of amides is 1. The number of aromatic amines is 1. The Morgan fingerprint density at radius 1 is 1.32 bits per heavy atom. The maximum atomic E-state index is 13.8. The van der Waals surface area contributed by atoms with Gasteiger partial charge in [0.1, 0.15) is 17.3 Å². The fraction of sp³-hybridized carbons (Fsp3) is 0.235. The quantitative estimate of drug-likeness (QED) is 0.754. The standard InChI is InChI=1S/C17H14F2N4O2/c1-8-15(9-2-3-9)21-22-16(8)20-17(24)14-7-13(23-25-14)11-6-10(18)4-5-12(11)19/h4-7,9H,2-3H2,1H3,(H2,20,21,22,24). The smallest absolute Gasteiger partial charge is 0.295 e. The van der Waals surface area contributed by atoms with E-state index in [4.69, 9.17) is 4.52 Å². The average Bonchev–Trinajstić information content (AvgIpc) is 3.19. The molecule has 0 bridgehead atoms. The maximum absolute atomic E-state index is 13.8. The number of carbonyl (C=O) groups is 1. The van der Waals surface area contributed by atoms with Crippen LogP contribution in [0, 0.1) is 18.6 Å². The van der Waals surface area contributed by atoms with Gasteiger partial charge in [0.25, 0.3) is 5.91 Å². The van der Waals surface area contributed by atoms with Crippen LogP contribution in [0.4, 0.5) is 14.6 Å². The minimum Gasteiger partial charge on any atom is -0.350 e. The number of H-pyrrole nitrogens is 1. The Morgan fingerprint density at radius 3 is 2.88 bits per heavy atom. The molecule has 0 aliphatic heterocycles. The second kappa shape index (κ2) is 5.80. The summed E-state index contributed by atoms with van der Waals surface area (Å²) in [6.45, 7) is 1.88. The first-order valence-corrected chi connectivity index (χ1v) is 7.81. The molecule has 8 heteroatoms. The minimum atomic E-state index is -0.654. The second-order valence-corrected chi connectivity index (χ2v) is 6.04. The van der Waals surface area contributed by atoms with Gasteiger partial charge in [-0.1, -0.05) is 5.16 Å². The van der Waals surface area contributed by atoms with E-state index in [1.165, 1.54) is 6.07 Å². The molecule has 2 heterocycles. The minimum absolute atomic E-state index is 0.0413. The number of anilines is 1. The van der Waals surface area contributed by atoms with E-state index in [1.807, 2.05) is 6.92 Å². The van der Waals surface area contributed by atoms with Crippen molar-refractivity contribution in [3.8, 4) is 11.3 Å². The number of aromatic nitrogens is 3. The van der Waals surface area contributed by atoms with Crippen LogP contribution in [0.2, 0.25) is 0 Å². The van der Waals surface area contributed by atoms with Crippen molar-refractivity contribution in [2.45, 2.75) is 25.7 Å². The molecule has 1 saturated carbocycles. The molecule has 1 amide bonds. The van der Waals surface area contributed by atoms with Gasteiger partial charge in [0.05, 0.1) is 0 Å². The Bertz CT molecular complexity index is 959. The molecule has 0 unspecified atom stereocenters. The fourth-order valence-electron chi connectivity index (χ4n) is 2.67. The molecule has 2 aromatic heterocycles. The van der Waals surface area contributed by atoms with E-state index >= 15 is 0 Å². The molecule has 4 rings (SSSR count). The zero-order chi connectivity index (χ0) is 17.6. The van der Waals surface area contributed by atoms with Gasteiger partial charge in [-0.3, -0.25) is 9.89 Å². The number of rotatable bonds is 4. The molecule has 0 atom stereocenters. The molecule has 128 valence electrons. The lowest BCUT2D eigenvalue weighted by atomic mass is 10.1. The van der Waals surface area contributed by atoms with Crippen LogP contribution < -0.4 is 5.32 Å². The van der Waals surface area contributed by atoms with Crippen molar-refractivity contribution in [3.63, 3.8) is 0 Å². The highest BCUT2D eigenvalue weighted by molar-refractivity contribution is 6.02. The van der Waals surface area contributed by atoms with Gasteiger partial charge in [0.2, 0.25) is 5.76 Å². The Kier molecular flexibility index (Phi) is 3.60. The Labute approximate surface area is 141 Å². The van der Waals surface area contributed by atoms with Crippen LogP contribution >= 0.6 is 0 Å². The van der Waals surface area contributed by atoms with Crippen LogP contribution in [-0.4, -0.2) is 21.3 Å². The van der Waals surface area contributed by atoms with Crippen molar-refractivity contribution >= 4 is 11.7 Å². The maximum Gasteiger partial charge on any atom is 0.295 e. The van der Waals surface area contributed by atoms with Crippen LogP contribution in [0.5, 0.6) is 0 Å². The van der Waals surface area contributed by atoms with Gasteiger partial charge < -0.3 is 9.84 Å². The third kappa shape index (κ3) is 2.90. The average molecular weight is 344 g/mol. The molecule has 1 aliphatic rings. The first-order chi connectivity index (χ1) is 12.0. The molecule has 1 aromatic carbocycles. The highest BCUT2D eigenvalue weighted by Gasteiger charge is 2.29. The van der Waals surface area contributed by atoms with Gasteiger partial charge in [0.15, 0.2) is 5.82 Å². The highest BCUT2D eigenvalue weighted by Crippen LogP contribution is 2.41. The summed E-state index contributed by atoms with van der Waals surface area (Å²) in [5, 5.41) is 13.3. The van der Waals surface area contributed by atoms with Crippen LogP contribution in [0.1, 0.15) is 40.6 Å². The van der Waals surface area contributed by atoms with Gasteiger partial charge in [0, 0.05) is 28.8 Å². The summed E-state index contributed by atoms with van der Waals surface area (Å²) >= 11 is 0. The number of hydrogen-bond donors (Lipinski definition) is 2. The predicted octanol–water partition coefficient (Wildman–Crippen LogP) is 3.78. The first-order valence-electron chi connectivity index (χ1n) is 7.81. The molecule has 3 aromatic rings. The number of nitrogens with zero attached hydrogens (tertiary/aromatic N) is 2. The lowest BCUT2D eigenvalue weighted by Gasteiger charge is -2.00. The van der Waals surface area contributed by atoms with E-state index in [0.717, 1.165) is 42.3 Å². The topological polar surface area (TPSA) is 83.8 Å². The molecule has 0 radical (unpaired) electrons. The highest BCUT2D eigenvalue weighted by atomic mass is 19.1. The Balaban J connectivity index is 1.55. The summed E-state index contributed by atoms with van der Waals surface area (Å²) in [4.78, 5) is 12.3. The van der Waals surface area contributed by atoms with E-state index in [9.17, 15) is 13.6 Å². The third-order valence-corrected chi connectivity index (χ3v) is 4.20. The van der Waals surface area contributed by atoms with Gasteiger partial charge in [-0.05, 0) is 38.0 Å². The predicted molar refractivity (Wildman–Crippen MR) is 85.1 cm³/mol. The van der Waals surface area contributed by atoms with Crippen molar-refractivity contribution in [1.82, 2.24) is 15.4 Å². The monoisotopic (exact) mass is 344 g/mol. The molecule has 0 spiro atoms. The number of nitrogens with one attached hydrogen (secondary N) is 2. The summed E-state index contributed by atoms with van der Waals surface area (Å²) in [5.74, 6) is -1.04. The first kappa shape index (κ1) is 15.5. The summed E-state index contributed by atoms with van der Waals surface area (Å²) in [7, 11) is 0. The van der Waals surface area contributed by atoms with Crippen molar-refractivity contribution in [1.29, 1.82) is 0 Å². The summed E-state index contributed by atoms with van der Waals surface area (Å²) in [6.07, 6.45) is 2.22. The molecular weight excluding hydrogens is 330 g/mol. The summed E-state index contributed by atoms with van der Waals surface area (Å²) in [6, 6.07) is 4.25. The zero-order valence-corrected chi connectivity index (χ0v) is 13.3. The normalized spacial score (nSPS) is 13.9. The van der Waals surface area contributed by atoms with Gasteiger partial charge >= 0.3 is 0 Å². The van der Waals surface area contributed by atoms with Crippen LogP contribution in [0.3, 0.4) is 0 Å². The molecule has 25 heavy (non-hydrogen) atoms. The van der Waals surface area contributed by atoms with Crippen molar-refractivity contribution in [3.05, 3.63) is 52.9 Å². The molecule has 6 nitrogen and oxygen atoms in total. The van der Waals surface area contributed by atoms with E-state index in [1.54, 1.807) is 0 Å². The molecular formula is C17H14F2N4O2. The third-order valence-electron chi connectivity index (χ3n) is 4.20. The molecule has 1 fully saturated rings. The number of hydrogen-bond acceptors (Lipinski definition) is 4. The van der Waals surface area contributed by atoms with Crippen LogP contribution in [0.25, 0.3) is 11.3 Å². The van der Waals surface area contributed by atoms with Gasteiger partial charge in [-0.25, -0.2) is 8.78 Å². The van der Waals surface area contributed by atoms with E-state index in [-0.39, 0.29) is 17.0 Å². The number of carbonyl (C=O) groups excluding carboxylic acids is 1. The van der Waals surface area contributed by atoms with Crippen molar-refractivity contribution < 1.29 is 18.1 Å². The fourth-order valence-corrected chi connectivity index (χ4v) is 2.67. The van der Waals surface area contributed by atoms with Crippen molar-refractivity contribution in [2.75, 3.05) is 5.32 Å². The largest absolute Gasteiger partial charge is 0.350 e. The second-order valence-electron chi connectivity index (χ2n) is 6.04. The van der Waals surface area contributed by atoms with Crippen molar-refractivity contribution in [2.24, 2.45) is 0 Å². The SMILES string of the molecule is Cc1c(NC(=O)c2cc(-c3cc(F)ccc3F)no2)n[nH]c1C1CC1. The van der Waals surface area contributed by atoms with Gasteiger partial charge in [-0.15, -0.1) is 0 Å². The summed E-state index contributed by atoms with van der Waals surface area (Å²) < 4.78 is 32.0. The van der Waals surface area contributed by atoms with Crippen LogP contribution in [-0.2, 0) is 0 Å². The Morgan fingerprint density at radius 2 is 2.12 bits per heavy atom. The molecule has 2 N–H and O–H groups in total. The van der Waals surface area contributed by atoms with E-state index < -0.39 is 17.5 Å².